The molecule has 1 aromatic carbocycles. The number of aryl methyl sites for hydroxylation is 2. The maximum atomic E-state index is 12.9. The largest absolute Gasteiger partial charge is 0.493 e. The van der Waals surface area contributed by atoms with Gasteiger partial charge in [-0.05, 0) is 51.0 Å². The van der Waals surface area contributed by atoms with Crippen LogP contribution in [-0.4, -0.2) is 40.5 Å². The monoisotopic (exact) mass is 343 g/mol. The van der Waals surface area contributed by atoms with E-state index in [1.54, 1.807) is 18.3 Å². The molecule has 132 valence electrons. The third kappa shape index (κ3) is 4.32. The summed E-state index contributed by atoms with van der Waals surface area (Å²) in [4.78, 5) is 23.0. The third-order valence-electron chi connectivity index (χ3n) is 4.44. The minimum atomic E-state index is -0.280. The van der Waals surface area contributed by atoms with Gasteiger partial charge >= 0.3 is 0 Å². The molecule has 0 unspecified atom stereocenters. The van der Waals surface area contributed by atoms with Gasteiger partial charge in [-0.1, -0.05) is 0 Å². The number of carbonyl (C=O) groups is 1. The molecule has 0 N–H and O–H groups in total. The Morgan fingerprint density at radius 3 is 2.80 bits per heavy atom. The number of aromatic nitrogens is 2. The van der Waals surface area contributed by atoms with Crippen LogP contribution in [0.4, 0.5) is 4.39 Å². The molecule has 0 saturated carbocycles. The molecule has 0 aliphatic carbocycles. The maximum Gasteiger partial charge on any atom is 0.257 e. The van der Waals surface area contributed by atoms with Crippen molar-refractivity contribution in [2.24, 2.45) is 5.92 Å². The number of hydrogen-bond donors (Lipinski definition) is 0. The van der Waals surface area contributed by atoms with Crippen LogP contribution in [0.1, 0.15) is 34.7 Å². The molecule has 2 aromatic rings. The maximum absolute atomic E-state index is 12.9. The smallest absolute Gasteiger partial charge is 0.257 e. The quantitative estimate of drug-likeness (QED) is 0.856. The summed E-state index contributed by atoms with van der Waals surface area (Å²) in [5.74, 6) is 1.27. The standard InChI is InChI=1S/C19H22FN3O2/c1-13-18(10-21-14(2)22-13)19(24)23-9-3-4-15(11-23)12-25-17-7-5-16(20)6-8-17/h5-8,10,15H,3-4,9,11-12H2,1-2H3/t15-/m0/s1. The van der Waals surface area contributed by atoms with Gasteiger partial charge in [0.05, 0.1) is 17.9 Å². The van der Waals surface area contributed by atoms with Crippen molar-refractivity contribution in [1.29, 1.82) is 0 Å². The van der Waals surface area contributed by atoms with E-state index in [9.17, 15) is 9.18 Å². The predicted octanol–water partition coefficient (Wildman–Crippen LogP) is 3.16. The average Bonchev–Trinajstić information content (AvgIpc) is 2.61. The van der Waals surface area contributed by atoms with E-state index in [0.29, 0.717) is 36.0 Å². The van der Waals surface area contributed by atoms with Gasteiger partial charge in [-0.2, -0.15) is 0 Å². The average molecular weight is 343 g/mol. The van der Waals surface area contributed by atoms with Crippen LogP contribution in [0.25, 0.3) is 0 Å². The molecule has 1 aromatic heterocycles. The van der Waals surface area contributed by atoms with Crippen LogP contribution in [0.5, 0.6) is 5.75 Å². The molecule has 5 nitrogen and oxygen atoms in total. The molecule has 1 aliphatic rings. The van der Waals surface area contributed by atoms with Crippen LogP contribution < -0.4 is 4.74 Å². The van der Waals surface area contributed by atoms with Crippen LogP contribution in [0.15, 0.2) is 30.5 Å². The highest BCUT2D eigenvalue weighted by Crippen LogP contribution is 2.21. The van der Waals surface area contributed by atoms with Gasteiger partial charge in [-0.3, -0.25) is 4.79 Å². The van der Waals surface area contributed by atoms with E-state index in [4.69, 9.17) is 4.74 Å². The van der Waals surface area contributed by atoms with E-state index in [1.807, 2.05) is 18.7 Å². The van der Waals surface area contributed by atoms with Crippen LogP contribution >= 0.6 is 0 Å². The zero-order chi connectivity index (χ0) is 17.8. The topological polar surface area (TPSA) is 55.3 Å². The van der Waals surface area contributed by atoms with Crippen molar-refractivity contribution in [2.45, 2.75) is 26.7 Å². The Bertz CT molecular complexity index is 749. The lowest BCUT2D eigenvalue weighted by molar-refractivity contribution is 0.0631. The van der Waals surface area contributed by atoms with Crippen molar-refractivity contribution in [1.82, 2.24) is 14.9 Å². The van der Waals surface area contributed by atoms with Crippen molar-refractivity contribution in [2.75, 3.05) is 19.7 Å². The number of piperidine rings is 1. The van der Waals surface area contributed by atoms with Gasteiger partial charge in [0.15, 0.2) is 0 Å². The molecular formula is C19H22FN3O2. The molecule has 25 heavy (non-hydrogen) atoms. The number of ether oxygens (including phenoxy) is 1. The van der Waals surface area contributed by atoms with Gasteiger partial charge < -0.3 is 9.64 Å². The highest BCUT2D eigenvalue weighted by atomic mass is 19.1. The summed E-state index contributed by atoms with van der Waals surface area (Å²) >= 11 is 0. The zero-order valence-corrected chi connectivity index (χ0v) is 14.5. The highest BCUT2D eigenvalue weighted by Gasteiger charge is 2.26. The highest BCUT2D eigenvalue weighted by molar-refractivity contribution is 5.95. The second-order valence-electron chi connectivity index (χ2n) is 6.44. The second kappa shape index (κ2) is 7.59. The molecule has 0 radical (unpaired) electrons. The lowest BCUT2D eigenvalue weighted by Gasteiger charge is -2.32. The number of hydrogen-bond acceptors (Lipinski definition) is 4. The molecule has 2 heterocycles. The van der Waals surface area contributed by atoms with E-state index in [1.165, 1.54) is 12.1 Å². The first-order chi connectivity index (χ1) is 12.0. The van der Waals surface area contributed by atoms with Crippen molar-refractivity contribution < 1.29 is 13.9 Å². The summed E-state index contributed by atoms with van der Waals surface area (Å²) in [5, 5.41) is 0. The summed E-state index contributed by atoms with van der Waals surface area (Å²) < 4.78 is 18.7. The molecule has 1 aliphatic heterocycles. The SMILES string of the molecule is Cc1ncc(C(=O)N2CCC[C@H](COc3ccc(F)cc3)C2)c(C)n1. The Morgan fingerprint density at radius 1 is 1.32 bits per heavy atom. The van der Waals surface area contributed by atoms with Gasteiger partial charge in [0.25, 0.3) is 5.91 Å². The summed E-state index contributed by atoms with van der Waals surface area (Å²) in [6.07, 6.45) is 3.56. The summed E-state index contributed by atoms with van der Waals surface area (Å²) in [6.45, 7) is 5.54. The van der Waals surface area contributed by atoms with Gasteiger partial charge in [0, 0.05) is 25.2 Å². The number of halogens is 1. The van der Waals surface area contributed by atoms with E-state index in [0.717, 1.165) is 19.4 Å². The third-order valence-corrected chi connectivity index (χ3v) is 4.44. The lowest BCUT2D eigenvalue weighted by atomic mass is 9.98. The Labute approximate surface area is 146 Å². The fourth-order valence-corrected chi connectivity index (χ4v) is 3.09. The normalized spacial score (nSPS) is 17.4. The minimum Gasteiger partial charge on any atom is -0.493 e. The van der Waals surface area contributed by atoms with E-state index < -0.39 is 0 Å². The zero-order valence-electron chi connectivity index (χ0n) is 14.5. The molecule has 3 rings (SSSR count). The van der Waals surface area contributed by atoms with E-state index >= 15 is 0 Å². The number of benzene rings is 1. The van der Waals surface area contributed by atoms with Crippen LogP contribution in [0, 0.1) is 25.6 Å². The Morgan fingerprint density at radius 2 is 2.08 bits per heavy atom. The molecule has 0 bridgehead atoms. The number of carbonyl (C=O) groups excluding carboxylic acids is 1. The van der Waals surface area contributed by atoms with Crippen molar-refractivity contribution in [3.05, 3.63) is 53.4 Å². The molecule has 6 heteroatoms. The molecule has 0 spiro atoms. The number of likely N-dealkylation sites (tertiary alicyclic amines) is 1. The first-order valence-corrected chi connectivity index (χ1v) is 8.51. The van der Waals surface area contributed by atoms with Crippen LogP contribution in [-0.2, 0) is 0 Å². The fraction of sp³-hybridized carbons (Fsp3) is 0.421. The fourth-order valence-electron chi connectivity index (χ4n) is 3.09. The van der Waals surface area contributed by atoms with Gasteiger partial charge in [0.2, 0.25) is 0 Å². The Kier molecular flexibility index (Phi) is 5.26. The molecule has 1 fully saturated rings. The molecule has 1 amide bonds. The van der Waals surface area contributed by atoms with Gasteiger partial charge in [-0.15, -0.1) is 0 Å². The summed E-state index contributed by atoms with van der Waals surface area (Å²) in [7, 11) is 0. The van der Waals surface area contributed by atoms with Crippen molar-refractivity contribution in [3.8, 4) is 5.75 Å². The minimum absolute atomic E-state index is 0.0241. The number of nitrogens with zero attached hydrogens (tertiary/aromatic N) is 3. The van der Waals surface area contributed by atoms with Crippen molar-refractivity contribution >= 4 is 5.91 Å². The molecule has 1 atom stereocenters. The summed E-state index contributed by atoms with van der Waals surface area (Å²) in [6, 6.07) is 6.00. The van der Waals surface area contributed by atoms with E-state index in [-0.39, 0.29) is 17.6 Å². The second-order valence-corrected chi connectivity index (χ2v) is 6.44. The first-order valence-electron chi connectivity index (χ1n) is 8.51. The van der Waals surface area contributed by atoms with Crippen molar-refractivity contribution in [3.63, 3.8) is 0 Å². The summed E-state index contributed by atoms with van der Waals surface area (Å²) in [5.41, 5.74) is 1.27. The number of amides is 1. The lowest BCUT2D eigenvalue weighted by Crippen LogP contribution is -2.42. The van der Waals surface area contributed by atoms with Crippen LogP contribution in [0.2, 0.25) is 0 Å². The van der Waals surface area contributed by atoms with Crippen LogP contribution in [0.3, 0.4) is 0 Å². The Balaban J connectivity index is 1.60. The predicted molar refractivity (Wildman–Crippen MR) is 92.0 cm³/mol. The van der Waals surface area contributed by atoms with Gasteiger partial charge in [0.1, 0.15) is 17.4 Å². The Hall–Kier alpha value is -2.50. The van der Waals surface area contributed by atoms with E-state index in [2.05, 4.69) is 9.97 Å². The number of rotatable bonds is 4. The first kappa shape index (κ1) is 17.3. The molecular weight excluding hydrogens is 321 g/mol. The van der Waals surface area contributed by atoms with Gasteiger partial charge in [-0.25, -0.2) is 14.4 Å². The molecule has 1 saturated heterocycles.